The molecule has 1 atom stereocenters. The first-order valence-corrected chi connectivity index (χ1v) is 2.05. The van der Waals surface area contributed by atoms with E-state index >= 15 is 0 Å². The average molecular weight is 83.1 g/mol. The van der Waals surface area contributed by atoms with Gasteiger partial charge in [0.05, 0.1) is 6.26 Å². The molecule has 0 saturated carbocycles. The van der Waals surface area contributed by atoms with Crippen LogP contribution in [0.4, 0.5) is 0 Å². The third-order valence-corrected chi connectivity index (χ3v) is 0.754. The Hall–Kier alpha value is -0.460. The Morgan fingerprint density at radius 1 is 1.67 bits per heavy atom. The zero-order chi connectivity index (χ0) is 4.41. The second-order valence-electron chi connectivity index (χ2n) is 1.46. The van der Waals surface area contributed by atoms with Crippen LogP contribution in [-0.2, 0) is 4.74 Å². The fraction of sp³-hybridized carbons (Fsp3) is 0.400. The van der Waals surface area contributed by atoms with Crippen molar-refractivity contribution in [2.24, 2.45) is 5.92 Å². The molecule has 0 spiro atoms. The second-order valence-corrected chi connectivity index (χ2v) is 1.46. The van der Waals surface area contributed by atoms with Crippen LogP contribution < -0.4 is 0 Å². The molecule has 0 bridgehead atoms. The molecule has 0 aromatic rings. The van der Waals surface area contributed by atoms with Gasteiger partial charge >= 0.3 is 0 Å². The molecule has 1 unspecified atom stereocenters. The minimum atomic E-state index is 0.519. The maximum absolute atomic E-state index is 4.75. The highest BCUT2D eigenvalue weighted by Gasteiger charge is 2.01. The lowest BCUT2D eigenvalue weighted by atomic mass is 10.2. The van der Waals surface area contributed by atoms with Gasteiger partial charge in [-0.25, -0.2) is 0 Å². The molecule has 1 nitrogen and oxygen atoms in total. The van der Waals surface area contributed by atoms with Crippen LogP contribution in [0.1, 0.15) is 6.92 Å². The summed E-state index contributed by atoms with van der Waals surface area (Å²) in [6.07, 6.45) is 3.70. The zero-order valence-corrected chi connectivity index (χ0v) is 3.72. The van der Waals surface area contributed by atoms with Gasteiger partial charge in [0.25, 0.3) is 0 Å². The summed E-state index contributed by atoms with van der Waals surface area (Å²) in [5, 5.41) is 0. The van der Waals surface area contributed by atoms with E-state index in [1.807, 2.05) is 6.08 Å². The number of rotatable bonds is 0. The minimum absolute atomic E-state index is 0.519. The third-order valence-electron chi connectivity index (χ3n) is 0.754. The van der Waals surface area contributed by atoms with E-state index in [9.17, 15) is 0 Å². The fourth-order valence-electron chi connectivity index (χ4n) is 0.384. The van der Waals surface area contributed by atoms with E-state index in [1.54, 1.807) is 12.9 Å². The molecule has 0 amide bonds. The van der Waals surface area contributed by atoms with Gasteiger partial charge in [0, 0.05) is 5.92 Å². The van der Waals surface area contributed by atoms with Crippen molar-refractivity contribution in [2.45, 2.75) is 6.92 Å². The van der Waals surface area contributed by atoms with Crippen LogP contribution in [0, 0.1) is 12.5 Å². The molecule has 6 heavy (non-hydrogen) atoms. The molecule has 1 aliphatic rings. The molecule has 33 valence electrons. The highest BCUT2D eigenvalue weighted by Crippen LogP contribution is 2.09. The lowest BCUT2D eigenvalue weighted by molar-refractivity contribution is 0.335. The molecule has 0 aromatic heterocycles. The van der Waals surface area contributed by atoms with Crippen molar-refractivity contribution in [2.75, 3.05) is 0 Å². The Bertz CT molecular complexity index is 66.3. The van der Waals surface area contributed by atoms with Crippen LogP contribution in [0.25, 0.3) is 0 Å². The maximum atomic E-state index is 4.75. The van der Waals surface area contributed by atoms with Gasteiger partial charge in [-0.05, 0) is 6.08 Å². The number of hydrogen-bond donors (Lipinski definition) is 0. The predicted molar refractivity (Wildman–Crippen MR) is 23.7 cm³/mol. The van der Waals surface area contributed by atoms with Gasteiger partial charge in [-0.2, -0.15) is 0 Å². The fourth-order valence-corrected chi connectivity index (χ4v) is 0.384. The Morgan fingerprint density at radius 3 is 2.67 bits per heavy atom. The average Bonchev–Trinajstić information content (AvgIpc) is 1.86. The van der Waals surface area contributed by atoms with Crippen molar-refractivity contribution < 1.29 is 4.74 Å². The van der Waals surface area contributed by atoms with E-state index in [1.165, 1.54) is 0 Å². The molecular weight excluding hydrogens is 76.1 g/mol. The highest BCUT2D eigenvalue weighted by molar-refractivity contribution is 4.92. The topological polar surface area (TPSA) is 9.23 Å². The van der Waals surface area contributed by atoms with Crippen LogP contribution in [0.2, 0.25) is 0 Å². The summed E-state index contributed by atoms with van der Waals surface area (Å²) in [5.74, 6) is 0.519. The monoisotopic (exact) mass is 83.0 g/mol. The molecule has 1 rings (SSSR count). The third kappa shape index (κ3) is 0.534. The van der Waals surface area contributed by atoms with Crippen LogP contribution in [0.15, 0.2) is 12.3 Å². The molecule has 0 aliphatic carbocycles. The van der Waals surface area contributed by atoms with E-state index in [0.29, 0.717) is 5.92 Å². The van der Waals surface area contributed by atoms with Crippen LogP contribution in [-0.4, -0.2) is 0 Å². The molecule has 0 saturated heterocycles. The van der Waals surface area contributed by atoms with Crippen LogP contribution in [0.5, 0.6) is 0 Å². The first-order chi connectivity index (χ1) is 2.89. The lowest BCUT2D eigenvalue weighted by Gasteiger charge is -1.88. The largest absolute Gasteiger partial charge is 0.494 e. The summed E-state index contributed by atoms with van der Waals surface area (Å²) >= 11 is 0. The molecule has 1 aliphatic heterocycles. The van der Waals surface area contributed by atoms with Crippen molar-refractivity contribution in [1.82, 2.24) is 0 Å². The van der Waals surface area contributed by atoms with Gasteiger partial charge in [0.15, 0.2) is 0 Å². The first-order valence-electron chi connectivity index (χ1n) is 2.05. The number of ether oxygens (including phenoxy) is 1. The second kappa shape index (κ2) is 1.33. The summed E-state index contributed by atoms with van der Waals surface area (Å²) in [6, 6.07) is 0. The van der Waals surface area contributed by atoms with E-state index < -0.39 is 0 Å². The van der Waals surface area contributed by atoms with Crippen LogP contribution in [0.3, 0.4) is 0 Å². The van der Waals surface area contributed by atoms with Crippen LogP contribution >= 0.6 is 0 Å². The first kappa shape index (κ1) is 3.72. The van der Waals surface area contributed by atoms with E-state index in [4.69, 9.17) is 4.74 Å². The van der Waals surface area contributed by atoms with Gasteiger partial charge in [-0.15, -0.1) is 0 Å². The summed E-state index contributed by atoms with van der Waals surface area (Å²) in [7, 11) is 0. The molecule has 0 aromatic carbocycles. The van der Waals surface area contributed by atoms with Crippen molar-refractivity contribution >= 4 is 0 Å². The smallest absolute Gasteiger partial charge is 0.141 e. The van der Waals surface area contributed by atoms with Crippen molar-refractivity contribution in [3.8, 4) is 0 Å². The summed E-state index contributed by atoms with van der Waals surface area (Å²) in [6.45, 7) is 3.86. The van der Waals surface area contributed by atoms with E-state index in [0.717, 1.165) is 0 Å². The standard InChI is InChI=1S/C5H7O/c1-5-2-3-6-4-5/h2-5H,1H3. The van der Waals surface area contributed by atoms with E-state index in [-0.39, 0.29) is 0 Å². The molecular formula is C5H7O. The molecule has 1 radical (unpaired) electrons. The van der Waals surface area contributed by atoms with Gasteiger partial charge in [-0.1, -0.05) is 6.92 Å². The molecule has 1 heteroatoms. The SMILES string of the molecule is CC1[CH]OC=C1. The highest BCUT2D eigenvalue weighted by atomic mass is 16.5. The normalized spacial score (nSPS) is 30.5. The van der Waals surface area contributed by atoms with Gasteiger partial charge in [0.1, 0.15) is 6.61 Å². The van der Waals surface area contributed by atoms with Crippen molar-refractivity contribution in [3.63, 3.8) is 0 Å². The minimum Gasteiger partial charge on any atom is -0.494 e. The maximum Gasteiger partial charge on any atom is 0.141 e. The molecule has 0 fully saturated rings. The predicted octanol–water partition coefficient (Wildman–Crippen LogP) is 1.33. The summed E-state index contributed by atoms with van der Waals surface area (Å²) < 4.78 is 4.75. The lowest BCUT2D eigenvalue weighted by Crippen LogP contribution is -1.80. The Balaban J connectivity index is 2.38. The van der Waals surface area contributed by atoms with E-state index in [2.05, 4.69) is 6.92 Å². The molecule has 1 heterocycles. The van der Waals surface area contributed by atoms with Gasteiger partial charge < -0.3 is 4.74 Å². The quantitative estimate of drug-likeness (QED) is 0.429. The van der Waals surface area contributed by atoms with Gasteiger partial charge in [-0.3, -0.25) is 0 Å². The Morgan fingerprint density at radius 2 is 2.50 bits per heavy atom. The zero-order valence-electron chi connectivity index (χ0n) is 3.72. The number of hydrogen-bond acceptors (Lipinski definition) is 1. The Labute approximate surface area is 37.6 Å². The molecule has 0 N–H and O–H groups in total. The van der Waals surface area contributed by atoms with Crippen molar-refractivity contribution in [1.29, 1.82) is 0 Å². The van der Waals surface area contributed by atoms with Crippen molar-refractivity contribution in [3.05, 3.63) is 18.9 Å². The Kier molecular flexibility index (Phi) is 0.825. The summed E-state index contributed by atoms with van der Waals surface area (Å²) in [4.78, 5) is 0. The summed E-state index contributed by atoms with van der Waals surface area (Å²) in [5.41, 5.74) is 0. The van der Waals surface area contributed by atoms with Gasteiger partial charge in [0.2, 0.25) is 0 Å².